The molecule has 1 aromatic carbocycles. The smallest absolute Gasteiger partial charge is 0.236 e. The molecule has 0 bridgehead atoms. The van der Waals surface area contributed by atoms with Crippen molar-refractivity contribution in [2.75, 3.05) is 0 Å². The maximum atomic E-state index is 6.02. The standard InChI is InChI=1S/C14H17N3O/c1-9-14(18-13-8-4-5-10(13)15)17-12-7-3-2-6-11(12)16-9/h2-3,6-7,10,13H,4-5,8,15H2,1H3. The zero-order valence-corrected chi connectivity index (χ0v) is 10.5. The number of hydrogen-bond acceptors (Lipinski definition) is 4. The second-order valence-electron chi connectivity index (χ2n) is 4.85. The molecule has 0 amide bonds. The van der Waals surface area contributed by atoms with E-state index in [0.29, 0.717) is 5.88 Å². The number of rotatable bonds is 2. The van der Waals surface area contributed by atoms with E-state index in [4.69, 9.17) is 10.5 Å². The molecular weight excluding hydrogens is 226 g/mol. The molecule has 2 unspecified atom stereocenters. The molecule has 94 valence electrons. The van der Waals surface area contributed by atoms with Crippen LogP contribution in [0.25, 0.3) is 11.0 Å². The predicted octanol–water partition coefficient (Wildman–Crippen LogP) is 2.20. The van der Waals surface area contributed by atoms with Gasteiger partial charge in [0.05, 0.1) is 11.0 Å². The van der Waals surface area contributed by atoms with Crippen LogP contribution in [0.5, 0.6) is 5.88 Å². The van der Waals surface area contributed by atoms with Crippen LogP contribution in [-0.4, -0.2) is 22.1 Å². The van der Waals surface area contributed by atoms with Gasteiger partial charge in [-0.05, 0) is 38.3 Å². The van der Waals surface area contributed by atoms with Crippen LogP contribution >= 0.6 is 0 Å². The van der Waals surface area contributed by atoms with Gasteiger partial charge in [0.15, 0.2) is 0 Å². The van der Waals surface area contributed by atoms with Crippen molar-refractivity contribution in [2.45, 2.75) is 38.3 Å². The summed E-state index contributed by atoms with van der Waals surface area (Å²) >= 11 is 0. The molecule has 0 radical (unpaired) electrons. The summed E-state index contributed by atoms with van der Waals surface area (Å²) in [6, 6.07) is 7.95. The highest BCUT2D eigenvalue weighted by Crippen LogP contribution is 2.25. The van der Waals surface area contributed by atoms with E-state index in [-0.39, 0.29) is 12.1 Å². The zero-order valence-electron chi connectivity index (χ0n) is 10.5. The molecule has 1 aromatic heterocycles. The largest absolute Gasteiger partial charge is 0.471 e. The number of nitrogens with zero attached hydrogens (tertiary/aromatic N) is 2. The molecule has 4 heteroatoms. The van der Waals surface area contributed by atoms with Crippen LogP contribution in [0, 0.1) is 6.92 Å². The maximum absolute atomic E-state index is 6.02. The summed E-state index contributed by atoms with van der Waals surface area (Å²) in [6.45, 7) is 1.93. The number of aryl methyl sites for hydroxylation is 1. The summed E-state index contributed by atoms with van der Waals surface area (Å²) in [4.78, 5) is 9.05. The van der Waals surface area contributed by atoms with Crippen molar-refractivity contribution in [1.29, 1.82) is 0 Å². The fourth-order valence-electron chi connectivity index (χ4n) is 2.43. The number of aromatic nitrogens is 2. The van der Waals surface area contributed by atoms with E-state index in [1.165, 1.54) is 0 Å². The third-order valence-corrected chi connectivity index (χ3v) is 3.47. The second-order valence-corrected chi connectivity index (χ2v) is 4.85. The van der Waals surface area contributed by atoms with Crippen molar-refractivity contribution in [3.8, 4) is 5.88 Å². The molecular formula is C14H17N3O. The lowest BCUT2D eigenvalue weighted by Crippen LogP contribution is -2.34. The summed E-state index contributed by atoms with van der Waals surface area (Å²) in [7, 11) is 0. The molecule has 1 aliphatic carbocycles. The SMILES string of the molecule is Cc1nc2ccccc2nc1OC1CCCC1N. The Morgan fingerprint density at radius 2 is 1.89 bits per heavy atom. The summed E-state index contributed by atoms with van der Waals surface area (Å²) < 4.78 is 5.93. The van der Waals surface area contributed by atoms with Gasteiger partial charge in [-0.15, -0.1) is 0 Å². The minimum absolute atomic E-state index is 0.0826. The quantitative estimate of drug-likeness (QED) is 0.878. The van der Waals surface area contributed by atoms with Gasteiger partial charge in [0.25, 0.3) is 0 Å². The monoisotopic (exact) mass is 243 g/mol. The van der Waals surface area contributed by atoms with Gasteiger partial charge in [0, 0.05) is 6.04 Å². The molecule has 0 spiro atoms. The first-order chi connectivity index (χ1) is 8.74. The molecule has 1 fully saturated rings. The van der Waals surface area contributed by atoms with Gasteiger partial charge >= 0.3 is 0 Å². The number of nitrogens with two attached hydrogens (primary N) is 1. The first kappa shape index (κ1) is 11.4. The Bertz CT molecular complexity index is 570. The van der Waals surface area contributed by atoms with Crippen molar-refractivity contribution in [1.82, 2.24) is 9.97 Å². The molecule has 0 saturated heterocycles. The van der Waals surface area contributed by atoms with Gasteiger partial charge in [-0.25, -0.2) is 9.97 Å². The molecule has 2 N–H and O–H groups in total. The Labute approximate surface area is 106 Å². The highest BCUT2D eigenvalue weighted by atomic mass is 16.5. The summed E-state index contributed by atoms with van der Waals surface area (Å²) in [6.07, 6.45) is 3.25. The minimum atomic E-state index is 0.0826. The van der Waals surface area contributed by atoms with Crippen molar-refractivity contribution in [2.24, 2.45) is 5.73 Å². The molecule has 3 rings (SSSR count). The van der Waals surface area contributed by atoms with E-state index in [1.54, 1.807) is 0 Å². The average molecular weight is 243 g/mol. The van der Waals surface area contributed by atoms with E-state index in [9.17, 15) is 0 Å². The molecule has 2 aromatic rings. The molecule has 1 aliphatic rings. The lowest BCUT2D eigenvalue weighted by atomic mass is 10.2. The lowest BCUT2D eigenvalue weighted by molar-refractivity contribution is 0.182. The number of para-hydroxylation sites is 2. The Kier molecular flexibility index (Phi) is 2.88. The lowest BCUT2D eigenvalue weighted by Gasteiger charge is -2.18. The van der Waals surface area contributed by atoms with Crippen LogP contribution in [-0.2, 0) is 0 Å². The van der Waals surface area contributed by atoms with Gasteiger partial charge in [-0.1, -0.05) is 12.1 Å². The van der Waals surface area contributed by atoms with Gasteiger partial charge in [0.2, 0.25) is 5.88 Å². The summed E-state index contributed by atoms with van der Waals surface area (Å²) in [5, 5.41) is 0. The number of hydrogen-bond donors (Lipinski definition) is 1. The van der Waals surface area contributed by atoms with Gasteiger partial charge in [-0.3, -0.25) is 0 Å². The fourth-order valence-corrected chi connectivity index (χ4v) is 2.43. The van der Waals surface area contributed by atoms with Crippen LogP contribution in [0.1, 0.15) is 25.0 Å². The van der Waals surface area contributed by atoms with Crippen LogP contribution in [0.2, 0.25) is 0 Å². The molecule has 0 aliphatic heterocycles. The van der Waals surface area contributed by atoms with Crippen LogP contribution in [0.3, 0.4) is 0 Å². The topological polar surface area (TPSA) is 61.0 Å². The van der Waals surface area contributed by atoms with E-state index in [0.717, 1.165) is 36.0 Å². The Morgan fingerprint density at radius 3 is 2.56 bits per heavy atom. The number of ether oxygens (including phenoxy) is 1. The van der Waals surface area contributed by atoms with Crippen molar-refractivity contribution >= 4 is 11.0 Å². The Balaban J connectivity index is 1.93. The molecule has 4 nitrogen and oxygen atoms in total. The van der Waals surface area contributed by atoms with Crippen molar-refractivity contribution in [3.05, 3.63) is 30.0 Å². The van der Waals surface area contributed by atoms with Crippen LogP contribution < -0.4 is 10.5 Å². The van der Waals surface area contributed by atoms with Crippen molar-refractivity contribution < 1.29 is 4.74 Å². The van der Waals surface area contributed by atoms with Gasteiger partial charge in [0.1, 0.15) is 11.8 Å². The highest BCUT2D eigenvalue weighted by molar-refractivity contribution is 5.74. The fraction of sp³-hybridized carbons (Fsp3) is 0.429. The third-order valence-electron chi connectivity index (χ3n) is 3.47. The van der Waals surface area contributed by atoms with Gasteiger partial charge in [-0.2, -0.15) is 0 Å². The van der Waals surface area contributed by atoms with Gasteiger partial charge < -0.3 is 10.5 Å². The zero-order chi connectivity index (χ0) is 12.5. The number of fused-ring (bicyclic) bond motifs is 1. The maximum Gasteiger partial charge on any atom is 0.236 e. The predicted molar refractivity (Wildman–Crippen MR) is 70.5 cm³/mol. The minimum Gasteiger partial charge on any atom is -0.471 e. The second kappa shape index (κ2) is 4.53. The highest BCUT2D eigenvalue weighted by Gasteiger charge is 2.26. The molecule has 1 saturated carbocycles. The molecule has 1 heterocycles. The number of benzene rings is 1. The summed E-state index contributed by atoms with van der Waals surface area (Å²) in [5.74, 6) is 0.621. The third kappa shape index (κ3) is 2.04. The van der Waals surface area contributed by atoms with Crippen LogP contribution in [0.15, 0.2) is 24.3 Å². The van der Waals surface area contributed by atoms with Crippen molar-refractivity contribution in [3.63, 3.8) is 0 Å². The molecule has 2 atom stereocenters. The van der Waals surface area contributed by atoms with E-state index in [2.05, 4.69) is 9.97 Å². The Hall–Kier alpha value is -1.68. The first-order valence-electron chi connectivity index (χ1n) is 6.39. The summed E-state index contributed by atoms with van der Waals surface area (Å²) in [5.41, 5.74) is 8.61. The Morgan fingerprint density at radius 1 is 1.17 bits per heavy atom. The molecule has 18 heavy (non-hydrogen) atoms. The van der Waals surface area contributed by atoms with E-state index in [1.807, 2.05) is 31.2 Å². The first-order valence-corrected chi connectivity index (χ1v) is 6.39. The van der Waals surface area contributed by atoms with Crippen LogP contribution in [0.4, 0.5) is 0 Å². The average Bonchev–Trinajstić information content (AvgIpc) is 2.76. The van der Waals surface area contributed by atoms with E-state index >= 15 is 0 Å². The van der Waals surface area contributed by atoms with E-state index < -0.39 is 0 Å². The normalized spacial score (nSPS) is 23.4.